The highest BCUT2D eigenvalue weighted by atomic mass is 16.5. The lowest BCUT2D eigenvalue weighted by molar-refractivity contribution is 0.102. The van der Waals surface area contributed by atoms with E-state index in [0.717, 1.165) is 0 Å². The van der Waals surface area contributed by atoms with Crippen LogP contribution in [-0.2, 0) is 7.05 Å². The molecule has 0 N–H and O–H groups in total. The van der Waals surface area contributed by atoms with Crippen molar-refractivity contribution in [3.8, 4) is 11.8 Å². The summed E-state index contributed by atoms with van der Waals surface area (Å²) in [6.07, 6.45) is 3.04. The molecule has 0 radical (unpaired) electrons. The van der Waals surface area contributed by atoms with Crippen LogP contribution < -0.4 is 9.47 Å². The number of methoxy groups -OCH3 is 2. The number of ether oxygens (including phenoxy) is 2. The Bertz CT molecular complexity index is 579. The molecule has 2 aromatic heterocycles. The van der Waals surface area contributed by atoms with E-state index in [9.17, 15) is 4.79 Å². The van der Waals surface area contributed by atoms with Crippen molar-refractivity contribution in [2.24, 2.45) is 7.05 Å². The Hall–Kier alpha value is -2.44. The van der Waals surface area contributed by atoms with Crippen LogP contribution in [0.15, 0.2) is 18.5 Å². The van der Waals surface area contributed by atoms with Crippen molar-refractivity contribution in [2.45, 2.75) is 0 Å². The fourth-order valence-corrected chi connectivity index (χ4v) is 1.41. The zero-order valence-electron chi connectivity index (χ0n) is 10.2. The van der Waals surface area contributed by atoms with Gasteiger partial charge in [0.2, 0.25) is 17.5 Å². The van der Waals surface area contributed by atoms with Gasteiger partial charge in [-0.2, -0.15) is 10.1 Å². The minimum atomic E-state index is -0.345. The fraction of sp³-hybridized carbons (Fsp3) is 0.273. The average Bonchev–Trinajstić information content (AvgIpc) is 2.83. The first kappa shape index (κ1) is 12.0. The topological polar surface area (TPSA) is 79.1 Å². The quantitative estimate of drug-likeness (QED) is 0.731. The molecule has 94 valence electrons. The summed E-state index contributed by atoms with van der Waals surface area (Å²) >= 11 is 0. The molecule has 18 heavy (non-hydrogen) atoms. The van der Waals surface area contributed by atoms with Gasteiger partial charge in [-0.1, -0.05) is 0 Å². The van der Waals surface area contributed by atoms with Crippen molar-refractivity contribution in [1.29, 1.82) is 0 Å². The minimum Gasteiger partial charge on any atom is -0.480 e. The van der Waals surface area contributed by atoms with Gasteiger partial charge in [-0.15, -0.1) is 0 Å². The van der Waals surface area contributed by atoms with Crippen LogP contribution >= 0.6 is 0 Å². The predicted molar refractivity (Wildman–Crippen MR) is 61.8 cm³/mol. The highest BCUT2D eigenvalue weighted by molar-refractivity contribution is 6.07. The third-order valence-electron chi connectivity index (χ3n) is 2.28. The van der Waals surface area contributed by atoms with Crippen LogP contribution in [0.4, 0.5) is 0 Å². The van der Waals surface area contributed by atoms with Crippen molar-refractivity contribution >= 4 is 5.78 Å². The summed E-state index contributed by atoms with van der Waals surface area (Å²) in [5, 5.41) is 4.02. The van der Waals surface area contributed by atoms with Crippen molar-refractivity contribution < 1.29 is 14.3 Å². The summed E-state index contributed by atoms with van der Waals surface area (Å²) in [5.41, 5.74) is 0.396. The Morgan fingerprint density at radius 2 is 2.11 bits per heavy atom. The fourth-order valence-electron chi connectivity index (χ4n) is 1.41. The molecule has 0 saturated carbocycles. The standard InChI is InChI=1S/C11H12N4O3/c1-15-5-4-7(14-15)10(16)9-11(18-3)13-8(17-2)6-12-9/h4-6H,1-3H3. The Morgan fingerprint density at radius 1 is 1.33 bits per heavy atom. The van der Waals surface area contributed by atoms with Crippen molar-refractivity contribution in [1.82, 2.24) is 19.7 Å². The van der Waals surface area contributed by atoms with Crippen LogP contribution in [0.25, 0.3) is 0 Å². The molecule has 0 unspecified atom stereocenters. The number of nitrogens with zero attached hydrogens (tertiary/aromatic N) is 4. The molecular weight excluding hydrogens is 236 g/mol. The molecule has 7 heteroatoms. The minimum absolute atomic E-state index is 0.108. The summed E-state index contributed by atoms with van der Waals surface area (Å²) < 4.78 is 11.5. The van der Waals surface area contributed by atoms with Gasteiger partial charge in [0.05, 0.1) is 20.4 Å². The van der Waals surface area contributed by atoms with Crippen LogP contribution in [-0.4, -0.2) is 39.8 Å². The van der Waals surface area contributed by atoms with E-state index in [4.69, 9.17) is 9.47 Å². The molecule has 0 spiro atoms. The number of rotatable bonds is 4. The molecule has 0 aliphatic heterocycles. The average molecular weight is 248 g/mol. The van der Waals surface area contributed by atoms with E-state index in [1.807, 2.05) is 0 Å². The van der Waals surface area contributed by atoms with Gasteiger partial charge in [0, 0.05) is 13.2 Å². The van der Waals surface area contributed by atoms with Gasteiger partial charge in [-0.05, 0) is 6.07 Å². The third kappa shape index (κ3) is 2.15. The number of carbonyl (C=O) groups is 1. The van der Waals surface area contributed by atoms with E-state index in [1.165, 1.54) is 25.1 Å². The SMILES string of the molecule is COc1cnc(C(=O)c2ccn(C)n2)c(OC)n1. The van der Waals surface area contributed by atoms with Gasteiger partial charge in [-0.25, -0.2) is 4.98 Å². The molecule has 0 atom stereocenters. The first-order chi connectivity index (χ1) is 8.65. The van der Waals surface area contributed by atoms with Crippen LogP contribution in [0.5, 0.6) is 11.8 Å². The first-order valence-electron chi connectivity index (χ1n) is 5.15. The van der Waals surface area contributed by atoms with Crippen LogP contribution in [0, 0.1) is 0 Å². The second-order valence-corrected chi connectivity index (χ2v) is 3.47. The van der Waals surface area contributed by atoms with E-state index >= 15 is 0 Å². The zero-order valence-corrected chi connectivity index (χ0v) is 10.2. The van der Waals surface area contributed by atoms with Gasteiger partial charge in [0.1, 0.15) is 5.69 Å². The molecule has 2 rings (SSSR count). The number of carbonyl (C=O) groups excluding carboxylic acids is 1. The molecule has 2 heterocycles. The zero-order chi connectivity index (χ0) is 13.1. The van der Waals surface area contributed by atoms with Gasteiger partial charge >= 0.3 is 0 Å². The van der Waals surface area contributed by atoms with Gasteiger partial charge in [0.25, 0.3) is 0 Å². The second kappa shape index (κ2) is 4.82. The molecule has 0 aromatic carbocycles. The van der Waals surface area contributed by atoms with Gasteiger partial charge in [0.15, 0.2) is 5.69 Å². The van der Waals surface area contributed by atoms with E-state index in [-0.39, 0.29) is 28.9 Å². The van der Waals surface area contributed by atoms with E-state index in [1.54, 1.807) is 19.3 Å². The predicted octanol–water partition coefficient (Wildman–Crippen LogP) is 0.458. The largest absolute Gasteiger partial charge is 0.480 e. The summed E-state index contributed by atoms with van der Waals surface area (Å²) in [6, 6.07) is 1.60. The highest BCUT2D eigenvalue weighted by Gasteiger charge is 2.20. The van der Waals surface area contributed by atoms with Crippen LogP contribution in [0.1, 0.15) is 16.2 Å². The molecule has 7 nitrogen and oxygen atoms in total. The maximum Gasteiger partial charge on any atom is 0.247 e. The Kier molecular flexibility index (Phi) is 3.22. The molecule has 0 fully saturated rings. The lowest BCUT2D eigenvalue weighted by Crippen LogP contribution is -2.09. The summed E-state index contributed by atoms with van der Waals surface area (Å²) in [5.74, 6) is 0.0528. The Balaban J connectivity index is 2.41. The number of aryl methyl sites for hydroxylation is 1. The van der Waals surface area contributed by atoms with E-state index < -0.39 is 0 Å². The molecule has 0 aliphatic rings. The molecule has 0 amide bonds. The van der Waals surface area contributed by atoms with Gasteiger partial charge < -0.3 is 9.47 Å². The molecule has 2 aromatic rings. The van der Waals surface area contributed by atoms with Crippen molar-refractivity contribution in [3.63, 3.8) is 0 Å². The number of aromatic nitrogens is 4. The normalized spacial score (nSPS) is 10.2. The number of ketones is 1. The second-order valence-electron chi connectivity index (χ2n) is 3.47. The van der Waals surface area contributed by atoms with Crippen molar-refractivity contribution in [3.05, 3.63) is 29.8 Å². The Morgan fingerprint density at radius 3 is 2.67 bits per heavy atom. The summed E-state index contributed by atoms with van der Waals surface area (Å²) in [4.78, 5) is 20.1. The van der Waals surface area contributed by atoms with Gasteiger partial charge in [-0.3, -0.25) is 9.48 Å². The van der Waals surface area contributed by atoms with Crippen LogP contribution in [0.3, 0.4) is 0 Å². The first-order valence-corrected chi connectivity index (χ1v) is 5.15. The highest BCUT2D eigenvalue weighted by Crippen LogP contribution is 2.19. The number of hydrogen-bond donors (Lipinski definition) is 0. The summed E-state index contributed by atoms with van der Waals surface area (Å²) in [6.45, 7) is 0. The van der Waals surface area contributed by atoms with E-state index in [0.29, 0.717) is 0 Å². The lowest BCUT2D eigenvalue weighted by atomic mass is 10.2. The van der Waals surface area contributed by atoms with Crippen molar-refractivity contribution in [2.75, 3.05) is 14.2 Å². The monoisotopic (exact) mass is 248 g/mol. The molecular formula is C11H12N4O3. The number of hydrogen-bond acceptors (Lipinski definition) is 6. The molecule has 0 saturated heterocycles. The lowest BCUT2D eigenvalue weighted by Gasteiger charge is -2.05. The maximum absolute atomic E-state index is 12.1. The third-order valence-corrected chi connectivity index (χ3v) is 2.28. The Labute approximate surface area is 103 Å². The van der Waals surface area contributed by atoms with E-state index in [2.05, 4.69) is 15.1 Å². The molecule has 0 aliphatic carbocycles. The smallest absolute Gasteiger partial charge is 0.247 e. The maximum atomic E-state index is 12.1. The summed E-state index contributed by atoms with van der Waals surface area (Å²) in [7, 11) is 4.61. The molecule has 0 bridgehead atoms. The van der Waals surface area contributed by atoms with Crippen LogP contribution in [0.2, 0.25) is 0 Å².